The van der Waals surface area contributed by atoms with E-state index in [1.165, 1.54) is 32.4 Å². The molecule has 1 aliphatic rings. The molecule has 160 valence electrons. The van der Waals surface area contributed by atoms with Crippen molar-refractivity contribution >= 4 is 11.8 Å². The molecule has 2 aromatic rings. The quantitative estimate of drug-likeness (QED) is 0.583. The maximum atomic E-state index is 14.5. The maximum Gasteiger partial charge on any atom is 0.425 e. The minimum absolute atomic E-state index is 0.139. The van der Waals surface area contributed by atoms with Crippen LogP contribution in [0, 0.1) is 5.82 Å². The lowest BCUT2D eigenvalue weighted by Gasteiger charge is -2.35. The first-order valence-electron chi connectivity index (χ1n) is 8.79. The van der Waals surface area contributed by atoms with Crippen LogP contribution in [-0.4, -0.2) is 41.2 Å². The van der Waals surface area contributed by atoms with E-state index in [9.17, 15) is 22.4 Å². The molecule has 0 bridgehead atoms. The molecule has 0 amide bonds. The average molecular weight is 426 g/mol. The number of Topliss-reactive ketones (excluding diaryl/α,β-unsaturated/α-hetero) is 1. The van der Waals surface area contributed by atoms with E-state index in [1.807, 2.05) is 0 Å². The van der Waals surface area contributed by atoms with Crippen molar-refractivity contribution in [3.8, 4) is 5.75 Å². The number of alkyl halides is 3. The number of methoxy groups -OCH3 is 1. The number of amidine groups is 1. The summed E-state index contributed by atoms with van der Waals surface area (Å²) in [7, 11) is 1.46. The van der Waals surface area contributed by atoms with Crippen LogP contribution >= 0.6 is 0 Å². The first-order chi connectivity index (χ1) is 14.0. The van der Waals surface area contributed by atoms with Crippen LogP contribution in [0.4, 0.5) is 17.6 Å². The average Bonchev–Trinajstić information content (AvgIpc) is 2.68. The molecule has 7 nitrogen and oxygen atoms in total. The summed E-state index contributed by atoms with van der Waals surface area (Å²) in [6.07, 6.45) is -6.55. The highest BCUT2D eigenvalue weighted by Crippen LogP contribution is 2.40. The number of ketones is 1. The van der Waals surface area contributed by atoms with Crippen LogP contribution in [0.3, 0.4) is 0 Å². The van der Waals surface area contributed by atoms with E-state index in [0.717, 1.165) is 6.07 Å². The molecule has 0 unspecified atom stereocenters. The lowest BCUT2D eigenvalue weighted by Crippen LogP contribution is -2.46. The summed E-state index contributed by atoms with van der Waals surface area (Å²) in [5.41, 5.74) is 3.63. The second-order valence-corrected chi connectivity index (χ2v) is 6.89. The molecule has 2 atom stereocenters. The molecule has 0 aromatic carbocycles. The van der Waals surface area contributed by atoms with Gasteiger partial charge in [-0.15, -0.1) is 0 Å². The Hall–Kier alpha value is -3.24. The number of pyridine rings is 2. The van der Waals surface area contributed by atoms with Crippen molar-refractivity contribution in [2.45, 2.75) is 37.6 Å². The predicted molar refractivity (Wildman–Crippen MR) is 97.5 cm³/mol. The fourth-order valence-electron chi connectivity index (χ4n) is 3.08. The fraction of sp³-hybridized carbons (Fsp3) is 0.368. The number of carbonyl (C=O) groups excluding carboxylic acids is 1. The molecule has 0 saturated carbocycles. The van der Waals surface area contributed by atoms with Gasteiger partial charge in [0.25, 0.3) is 6.02 Å². The van der Waals surface area contributed by atoms with Gasteiger partial charge in [-0.1, -0.05) is 0 Å². The predicted octanol–water partition coefficient (Wildman–Crippen LogP) is 2.93. The smallest absolute Gasteiger partial charge is 0.425 e. The Labute approximate surface area is 168 Å². The Bertz CT molecular complexity index is 979. The Morgan fingerprint density at radius 3 is 2.67 bits per heavy atom. The van der Waals surface area contributed by atoms with Crippen molar-refractivity contribution in [1.29, 1.82) is 0 Å². The van der Waals surface area contributed by atoms with E-state index in [0.29, 0.717) is 5.75 Å². The second-order valence-electron chi connectivity index (χ2n) is 6.89. The number of nitrogens with zero attached hydrogens (tertiary/aromatic N) is 3. The molecule has 2 aromatic heterocycles. The van der Waals surface area contributed by atoms with Crippen molar-refractivity contribution in [3.63, 3.8) is 0 Å². The Morgan fingerprint density at radius 1 is 1.33 bits per heavy atom. The number of nitrogens with two attached hydrogens (primary N) is 1. The highest BCUT2D eigenvalue weighted by atomic mass is 19.4. The van der Waals surface area contributed by atoms with E-state index in [2.05, 4.69) is 19.7 Å². The Morgan fingerprint density at radius 2 is 2.07 bits per heavy atom. The fourth-order valence-corrected chi connectivity index (χ4v) is 3.08. The molecule has 2 N–H and O–H groups in total. The van der Waals surface area contributed by atoms with Gasteiger partial charge >= 0.3 is 6.18 Å². The number of aliphatic imine (C=N–C) groups is 1. The van der Waals surface area contributed by atoms with Crippen LogP contribution in [0.25, 0.3) is 0 Å². The first-order valence-corrected chi connectivity index (χ1v) is 8.79. The highest BCUT2D eigenvalue weighted by Gasteiger charge is 2.50. The van der Waals surface area contributed by atoms with Crippen molar-refractivity contribution in [2.24, 2.45) is 10.7 Å². The first kappa shape index (κ1) is 21.5. The Balaban J connectivity index is 1.89. The molecule has 30 heavy (non-hydrogen) atoms. The van der Waals surface area contributed by atoms with Crippen LogP contribution in [0.1, 0.15) is 35.2 Å². The molecule has 3 heterocycles. The summed E-state index contributed by atoms with van der Waals surface area (Å²) in [4.78, 5) is 24.4. The van der Waals surface area contributed by atoms with E-state index < -0.39 is 41.9 Å². The lowest BCUT2D eigenvalue weighted by atomic mass is 9.89. The molecule has 11 heteroatoms. The molecular weight excluding hydrogens is 408 g/mol. The molecule has 0 spiro atoms. The monoisotopic (exact) mass is 426 g/mol. The largest absolute Gasteiger partial charge is 0.495 e. The topological polar surface area (TPSA) is 99.7 Å². The summed E-state index contributed by atoms with van der Waals surface area (Å²) < 4.78 is 63.5. The number of carbonyl (C=O) groups is 1. The van der Waals surface area contributed by atoms with Crippen molar-refractivity contribution < 1.29 is 31.8 Å². The van der Waals surface area contributed by atoms with Gasteiger partial charge in [-0.05, 0) is 31.2 Å². The molecule has 0 fully saturated rings. The highest BCUT2D eigenvalue weighted by molar-refractivity contribution is 5.95. The van der Waals surface area contributed by atoms with Gasteiger partial charge in [-0.2, -0.15) is 13.2 Å². The van der Waals surface area contributed by atoms with Crippen molar-refractivity contribution in [2.75, 3.05) is 7.11 Å². The van der Waals surface area contributed by atoms with Crippen LogP contribution in [0.2, 0.25) is 0 Å². The number of halogens is 4. The van der Waals surface area contributed by atoms with E-state index in [4.69, 9.17) is 10.5 Å². The van der Waals surface area contributed by atoms with Gasteiger partial charge in [0.05, 0.1) is 19.7 Å². The SMILES string of the molecule is COc1ccc(C(=O)Cc2ccc(F)c([C@]3(C)C[C@@H](C(F)(F)F)OC(N)=N3)n2)nc1. The third-order valence-electron chi connectivity index (χ3n) is 4.58. The van der Waals surface area contributed by atoms with Crippen LogP contribution in [0.5, 0.6) is 5.75 Å². The summed E-state index contributed by atoms with van der Waals surface area (Å²) in [5, 5.41) is 0. The van der Waals surface area contributed by atoms with Gasteiger partial charge in [-0.3, -0.25) is 9.78 Å². The van der Waals surface area contributed by atoms with Gasteiger partial charge in [-0.25, -0.2) is 14.4 Å². The summed E-state index contributed by atoms with van der Waals surface area (Å²) in [5.74, 6) is -0.803. The normalized spacial score (nSPS) is 21.5. The van der Waals surface area contributed by atoms with Gasteiger partial charge in [0.2, 0.25) is 0 Å². The maximum absolute atomic E-state index is 14.5. The number of rotatable bonds is 5. The zero-order valence-corrected chi connectivity index (χ0v) is 16.0. The third kappa shape index (κ3) is 4.50. The molecule has 0 radical (unpaired) electrons. The molecule has 0 aliphatic carbocycles. The standard InChI is InChI=1S/C19H18F4N4O3/c1-18(8-15(19(21,22)23)30-17(24)27-18)16-12(20)5-3-10(26-16)7-14(28)13-6-4-11(29-2)9-25-13/h3-6,9,15H,7-8H2,1-2H3,(H2,24,27)/t15-,18-/m0/s1. The minimum atomic E-state index is -4.72. The zero-order chi connectivity index (χ0) is 22.1. The lowest BCUT2D eigenvalue weighted by molar-refractivity contribution is -0.208. The number of ether oxygens (including phenoxy) is 2. The summed E-state index contributed by atoms with van der Waals surface area (Å²) in [6, 6.07) is 4.61. The van der Waals surface area contributed by atoms with Gasteiger partial charge in [0.1, 0.15) is 28.5 Å². The van der Waals surface area contributed by atoms with Crippen LogP contribution in [-0.2, 0) is 16.7 Å². The number of aromatic nitrogens is 2. The van der Waals surface area contributed by atoms with Gasteiger partial charge < -0.3 is 15.2 Å². The molecular formula is C19H18F4N4O3. The third-order valence-corrected chi connectivity index (χ3v) is 4.58. The minimum Gasteiger partial charge on any atom is -0.495 e. The second kappa shape index (κ2) is 7.88. The molecule has 1 aliphatic heterocycles. The van der Waals surface area contributed by atoms with Gasteiger partial charge in [0.15, 0.2) is 11.9 Å². The molecule has 3 rings (SSSR count). The van der Waals surface area contributed by atoms with Crippen LogP contribution < -0.4 is 10.5 Å². The van der Waals surface area contributed by atoms with E-state index >= 15 is 0 Å². The van der Waals surface area contributed by atoms with Gasteiger partial charge in [0, 0.05) is 12.1 Å². The van der Waals surface area contributed by atoms with Crippen LogP contribution in [0.15, 0.2) is 35.5 Å². The Kier molecular flexibility index (Phi) is 5.64. The zero-order valence-electron chi connectivity index (χ0n) is 16.0. The van der Waals surface area contributed by atoms with E-state index in [-0.39, 0.29) is 23.5 Å². The van der Waals surface area contributed by atoms with Crippen molar-refractivity contribution in [1.82, 2.24) is 9.97 Å². The van der Waals surface area contributed by atoms with E-state index in [1.54, 1.807) is 6.07 Å². The number of hydrogen-bond acceptors (Lipinski definition) is 7. The summed E-state index contributed by atoms with van der Waals surface area (Å²) >= 11 is 0. The number of hydrogen-bond donors (Lipinski definition) is 1. The summed E-state index contributed by atoms with van der Waals surface area (Å²) in [6.45, 7) is 1.28. The van der Waals surface area contributed by atoms with Crippen molar-refractivity contribution in [3.05, 3.63) is 53.4 Å². The molecule has 0 saturated heterocycles.